The van der Waals surface area contributed by atoms with E-state index in [9.17, 15) is 0 Å². The third kappa shape index (κ3) is 3.44. The summed E-state index contributed by atoms with van der Waals surface area (Å²) in [6, 6.07) is 7.78. The molecular formula is C18H20N6OS. The van der Waals surface area contributed by atoms with Crippen molar-refractivity contribution in [1.29, 1.82) is 0 Å². The van der Waals surface area contributed by atoms with Crippen LogP contribution in [0.15, 0.2) is 36.7 Å². The second-order valence-electron chi connectivity index (χ2n) is 6.20. The molecule has 3 aromatic rings. The van der Waals surface area contributed by atoms with Gasteiger partial charge >= 0.3 is 0 Å². The molecule has 0 atom stereocenters. The molecule has 7 nitrogen and oxygen atoms in total. The average Bonchev–Trinajstić information content (AvgIpc) is 3.11. The van der Waals surface area contributed by atoms with Crippen molar-refractivity contribution in [3.05, 3.63) is 48.0 Å². The molecule has 1 saturated heterocycles. The van der Waals surface area contributed by atoms with Gasteiger partial charge in [0.25, 0.3) is 0 Å². The fraction of sp³-hybridized carbons (Fsp3) is 0.333. The fourth-order valence-electron chi connectivity index (χ4n) is 3.13. The zero-order valence-corrected chi connectivity index (χ0v) is 15.2. The lowest BCUT2D eigenvalue weighted by Gasteiger charge is -2.25. The van der Waals surface area contributed by atoms with Crippen LogP contribution in [0.3, 0.4) is 0 Å². The van der Waals surface area contributed by atoms with Gasteiger partial charge in [-0.25, -0.2) is 9.50 Å². The van der Waals surface area contributed by atoms with Gasteiger partial charge in [0.1, 0.15) is 4.99 Å². The van der Waals surface area contributed by atoms with Crippen LogP contribution in [0.2, 0.25) is 0 Å². The highest BCUT2D eigenvalue weighted by Gasteiger charge is 2.16. The first-order valence-electron chi connectivity index (χ1n) is 8.61. The third-order valence-electron chi connectivity index (χ3n) is 4.52. The van der Waals surface area contributed by atoms with Crippen LogP contribution in [-0.2, 0) is 11.2 Å². The molecule has 0 radical (unpaired) electrons. The highest BCUT2D eigenvalue weighted by Crippen LogP contribution is 2.22. The lowest BCUT2D eigenvalue weighted by molar-refractivity contribution is 0.0382. The summed E-state index contributed by atoms with van der Waals surface area (Å²) in [6.07, 6.45) is 4.30. The standard InChI is InChI=1S/C18H20N6OS/c19-17(26)14-1-2-15(13-3-6-20-7-4-13)24-18(14)21-16(22-24)5-8-23-9-11-25-12-10-23/h1-4,6-7H,5,8-12H2,(H2,19,26). The van der Waals surface area contributed by atoms with E-state index < -0.39 is 0 Å². The van der Waals surface area contributed by atoms with Crippen LogP contribution in [-0.4, -0.2) is 62.3 Å². The van der Waals surface area contributed by atoms with Crippen LogP contribution in [0.4, 0.5) is 0 Å². The van der Waals surface area contributed by atoms with Gasteiger partial charge < -0.3 is 10.5 Å². The second-order valence-corrected chi connectivity index (χ2v) is 6.64. The first-order valence-corrected chi connectivity index (χ1v) is 9.02. The number of ether oxygens (including phenoxy) is 1. The Morgan fingerprint density at radius 3 is 2.65 bits per heavy atom. The summed E-state index contributed by atoms with van der Waals surface area (Å²) < 4.78 is 7.23. The Labute approximate surface area is 156 Å². The summed E-state index contributed by atoms with van der Waals surface area (Å²) in [5.74, 6) is 0.787. The Morgan fingerprint density at radius 2 is 1.92 bits per heavy atom. The predicted octanol–water partition coefficient (Wildman–Crippen LogP) is 1.30. The minimum absolute atomic E-state index is 0.323. The zero-order chi connectivity index (χ0) is 17.9. The Morgan fingerprint density at radius 1 is 1.15 bits per heavy atom. The molecule has 0 unspecified atom stereocenters. The van der Waals surface area contributed by atoms with E-state index in [0.717, 1.165) is 61.9 Å². The number of fused-ring (bicyclic) bond motifs is 1. The van der Waals surface area contributed by atoms with Gasteiger partial charge in [-0.2, -0.15) is 5.10 Å². The van der Waals surface area contributed by atoms with Crippen LogP contribution >= 0.6 is 12.2 Å². The maximum atomic E-state index is 5.89. The average molecular weight is 368 g/mol. The van der Waals surface area contributed by atoms with E-state index in [1.165, 1.54) is 0 Å². The van der Waals surface area contributed by atoms with Crippen LogP contribution in [0.5, 0.6) is 0 Å². The summed E-state index contributed by atoms with van der Waals surface area (Å²) in [6.45, 7) is 4.39. The first kappa shape index (κ1) is 17.0. The van der Waals surface area contributed by atoms with E-state index in [0.29, 0.717) is 10.6 Å². The minimum Gasteiger partial charge on any atom is -0.389 e. The molecule has 4 rings (SSSR count). The van der Waals surface area contributed by atoms with Crippen molar-refractivity contribution in [3.63, 3.8) is 0 Å². The predicted molar refractivity (Wildman–Crippen MR) is 103 cm³/mol. The van der Waals surface area contributed by atoms with Gasteiger partial charge in [0.15, 0.2) is 11.5 Å². The number of aromatic nitrogens is 4. The molecule has 0 spiro atoms. The summed E-state index contributed by atoms with van der Waals surface area (Å²) in [7, 11) is 0. The molecule has 0 saturated carbocycles. The summed E-state index contributed by atoms with van der Waals surface area (Å²) in [5.41, 5.74) is 9.28. The Kier molecular flexibility index (Phi) is 4.87. The zero-order valence-electron chi connectivity index (χ0n) is 14.3. The van der Waals surface area contributed by atoms with Gasteiger partial charge in [0.2, 0.25) is 0 Å². The van der Waals surface area contributed by atoms with Crippen molar-refractivity contribution in [2.24, 2.45) is 5.73 Å². The topological polar surface area (TPSA) is 81.6 Å². The molecule has 26 heavy (non-hydrogen) atoms. The van der Waals surface area contributed by atoms with Gasteiger partial charge in [0, 0.05) is 44.0 Å². The van der Waals surface area contributed by atoms with Crippen LogP contribution in [0.1, 0.15) is 11.4 Å². The molecule has 0 bridgehead atoms. The van der Waals surface area contributed by atoms with Crippen molar-refractivity contribution in [2.75, 3.05) is 32.8 Å². The molecule has 0 aromatic carbocycles. The van der Waals surface area contributed by atoms with Gasteiger partial charge in [-0.15, -0.1) is 0 Å². The Bertz CT molecular complexity index is 920. The second kappa shape index (κ2) is 7.45. The minimum atomic E-state index is 0.323. The number of morpholine rings is 1. The smallest absolute Gasteiger partial charge is 0.166 e. The van der Waals surface area contributed by atoms with Gasteiger partial charge in [-0.05, 0) is 24.3 Å². The van der Waals surface area contributed by atoms with E-state index in [1.54, 1.807) is 12.4 Å². The maximum absolute atomic E-state index is 5.89. The van der Waals surface area contributed by atoms with Crippen molar-refractivity contribution >= 4 is 22.9 Å². The molecule has 3 aromatic heterocycles. The summed E-state index contributed by atoms with van der Waals surface area (Å²) in [4.78, 5) is 11.5. The summed E-state index contributed by atoms with van der Waals surface area (Å²) in [5, 5.41) is 4.73. The van der Waals surface area contributed by atoms with Gasteiger partial charge in [0.05, 0.1) is 24.5 Å². The largest absolute Gasteiger partial charge is 0.389 e. The normalized spacial score (nSPS) is 15.4. The number of thiocarbonyl (C=S) groups is 1. The number of pyridine rings is 2. The molecule has 0 aliphatic carbocycles. The lowest BCUT2D eigenvalue weighted by atomic mass is 10.1. The molecule has 1 fully saturated rings. The van der Waals surface area contributed by atoms with E-state index in [-0.39, 0.29) is 0 Å². The van der Waals surface area contributed by atoms with Crippen molar-refractivity contribution in [2.45, 2.75) is 6.42 Å². The number of nitrogens with two attached hydrogens (primary N) is 1. The highest BCUT2D eigenvalue weighted by atomic mass is 32.1. The monoisotopic (exact) mass is 368 g/mol. The highest BCUT2D eigenvalue weighted by molar-refractivity contribution is 7.80. The van der Waals surface area contributed by atoms with Crippen LogP contribution in [0, 0.1) is 0 Å². The van der Waals surface area contributed by atoms with Crippen molar-refractivity contribution < 1.29 is 4.74 Å². The lowest BCUT2D eigenvalue weighted by Crippen LogP contribution is -2.37. The number of hydrogen-bond donors (Lipinski definition) is 1. The molecular weight excluding hydrogens is 348 g/mol. The SMILES string of the molecule is NC(=S)c1ccc(-c2ccncc2)n2nc(CCN3CCOCC3)nc12. The number of rotatable bonds is 5. The molecule has 2 N–H and O–H groups in total. The molecule has 1 aliphatic heterocycles. The van der Waals surface area contributed by atoms with E-state index in [1.807, 2.05) is 28.8 Å². The Hall–Kier alpha value is -2.42. The molecule has 4 heterocycles. The van der Waals surface area contributed by atoms with Crippen molar-refractivity contribution in [1.82, 2.24) is 24.5 Å². The van der Waals surface area contributed by atoms with E-state index in [4.69, 9.17) is 32.8 Å². The molecule has 1 aliphatic rings. The van der Waals surface area contributed by atoms with Crippen molar-refractivity contribution in [3.8, 4) is 11.3 Å². The van der Waals surface area contributed by atoms with E-state index >= 15 is 0 Å². The molecule has 8 heteroatoms. The Balaban J connectivity index is 1.69. The van der Waals surface area contributed by atoms with Crippen LogP contribution in [0.25, 0.3) is 16.9 Å². The summed E-state index contributed by atoms with van der Waals surface area (Å²) >= 11 is 5.19. The first-order chi connectivity index (χ1) is 12.7. The maximum Gasteiger partial charge on any atom is 0.166 e. The fourth-order valence-corrected chi connectivity index (χ4v) is 3.29. The van der Waals surface area contributed by atoms with Gasteiger partial charge in [-0.3, -0.25) is 9.88 Å². The van der Waals surface area contributed by atoms with Gasteiger partial charge in [-0.1, -0.05) is 12.2 Å². The molecule has 134 valence electrons. The number of hydrogen-bond acceptors (Lipinski definition) is 6. The quantitative estimate of drug-likeness (QED) is 0.680. The van der Waals surface area contributed by atoms with E-state index in [2.05, 4.69) is 9.88 Å². The molecule has 0 amide bonds. The third-order valence-corrected chi connectivity index (χ3v) is 4.74. The van der Waals surface area contributed by atoms with Crippen LogP contribution < -0.4 is 5.73 Å². The number of nitrogens with zero attached hydrogens (tertiary/aromatic N) is 5.